The Morgan fingerprint density at radius 2 is 2.00 bits per heavy atom. The van der Waals surface area contributed by atoms with Gasteiger partial charge in [0.05, 0.1) is 10.2 Å². The predicted molar refractivity (Wildman–Crippen MR) is 69.5 cm³/mol. The molecule has 0 aliphatic heterocycles. The monoisotopic (exact) mass is 316 g/mol. The van der Waals surface area contributed by atoms with Gasteiger partial charge < -0.3 is 5.73 Å². The highest BCUT2D eigenvalue weighted by Gasteiger charge is 2.05. The van der Waals surface area contributed by atoms with Gasteiger partial charge in [-0.15, -0.1) is 11.3 Å². The van der Waals surface area contributed by atoms with E-state index < -0.39 is 11.6 Å². The van der Waals surface area contributed by atoms with Crippen molar-refractivity contribution in [3.05, 3.63) is 44.9 Å². The number of nitrogens with zero attached hydrogens (tertiary/aromatic N) is 1. The summed E-state index contributed by atoms with van der Waals surface area (Å²) in [4.78, 5) is 3.98. The molecule has 0 atom stereocenters. The van der Waals surface area contributed by atoms with Gasteiger partial charge in [0.25, 0.3) is 0 Å². The van der Waals surface area contributed by atoms with Gasteiger partial charge in [-0.2, -0.15) is 0 Å². The Balaban J connectivity index is 2.30. The molecule has 88 valence electrons. The maximum atomic E-state index is 13.4. The van der Waals surface area contributed by atoms with E-state index in [0.29, 0.717) is 10.8 Å². The predicted octanol–water partition coefficient (Wildman–Crippen LogP) is 3.94. The zero-order chi connectivity index (χ0) is 12.4. The Morgan fingerprint density at radius 1 is 1.24 bits per heavy atom. The van der Waals surface area contributed by atoms with Crippen LogP contribution in [0.4, 0.5) is 13.9 Å². The fourth-order valence-electron chi connectivity index (χ4n) is 1.22. The van der Waals surface area contributed by atoms with Gasteiger partial charge in [-0.05, 0) is 40.2 Å². The van der Waals surface area contributed by atoms with Crippen LogP contribution in [0, 0.1) is 11.6 Å². The number of nitrogen functional groups attached to an aromatic ring is 1. The van der Waals surface area contributed by atoms with Crippen molar-refractivity contribution in [2.24, 2.45) is 0 Å². The fraction of sp³-hybridized carbons (Fsp3) is 0. The van der Waals surface area contributed by atoms with Crippen molar-refractivity contribution in [2.75, 3.05) is 5.73 Å². The lowest BCUT2D eigenvalue weighted by molar-refractivity contribution is 0.592. The van der Waals surface area contributed by atoms with Crippen molar-refractivity contribution < 1.29 is 8.78 Å². The smallest absolute Gasteiger partial charge is 0.180 e. The summed E-state index contributed by atoms with van der Waals surface area (Å²) in [5.74, 6) is -1.01. The number of hydrogen-bond acceptors (Lipinski definition) is 3. The molecule has 0 unspecified atom stereocenters. The van der Waals surface area contributed by atoms with E-state index in [2.05, 4.69) is 20.9 Å². The zero-order valence-corrected chi connectivity index (χ0v) is 10.9. The lowest BCUT2D eigenvalue weighted by Gasteiger charge is -1.99. The second-order valence-electron chi connectivity index (χ2n) is 3.23. The van der Waals surface area contributed by atoms with Crippen LogP contribution in [0.3, 0.4) is 0 Å². The van der Waals surface area contributed by atoms with Gasteiger partial charge in [0.15, 0.2) is 5.13 Å². The SMILES string of the molecule is Nc1nc(C=Cc2cc(F)c(Br)cc2F)cs1. The third kappa shape index (κ3) is 2.89. The molecule has 0 saturated heterocycles. The number of rotatable bonds is 2. The molecule has 1 aromatic heterocycles. The molecule has 0 aliphatic rings. The average Bonchev–Trinajstić information content (AvgIpc) is 2.68. The third-order valence-corrected chi connectivity index (χ3v) is 3.31. The lowest BCUT2D eigenvalue weighted by Crippen LogP contribution is -1.86. The van der Waals surface area contributed by atoms with Crippen LogP contribution in [-0.4, -0.2) is 4.98 Å². The highest BCUT2D eigenvalue weighted by atomic mass is 79.9. The molecule has 0 aliphatic carbocycles. The molecule has 1 heterocycles. The van der Waals surface area contributed by atoms with E-state index >= 15 is 0 Å². The number of aromatic nitrogens is 1. The van der Waals surface area contributed by atoms with Gasteiger partial charge in [0.2, 0.25) is 0 Å². The summed E-state index contributed by atoms with van der Waals surface area (Å²) in [5.41, 5.74) is 6.24. The van der Waals surface area contributed by atoms with Crippen LogP contribution >= 0.6 is 27.3 Å². The third-order valence-electron chi connectivity index (χ3n) is 2.01. The first kappa shape index (κ1) is 12.2. The summed E-state index contributed by atoms with van der Waals surface area (Å²) < 4.78 is 26.8. The van der Waals surface area contributed by atoms with Crippen molar-refractivity contribution in [3.63, 3.8) is 0 Å². The summed E-state index contributed by atoms with van der Waals surface area (Å²) in [5, 5.41) is 2.17. The molecule has 0 radical (unpaired) electrons. The number of anilines is 1. The molecule has 17 heavy (non-hydrogen) atoms. The van der Waals surface area contributed by atoms with E-state index in [1.165, 1.54) is 17.4 Å². The standard InChI is InChI=1S/C11H7BrF2N2S/c12-8-4-9(13)6(3-10(8)14)1-2-7-5-17-11(15)16-7/h1-5H,(H2,15,16). The quantitative estimate of drug-likeness (QED) is 0.852. The van der Waals surface area contributed by atoms with E-state index in [9.17, 15) is 8.78 Å². The largest absolute Gasteiger partial charge is 0.375 e. The Bertz CT molecular complexity index is 581. The Hall–Kier alpha value is -1.27. The number of halogens is 3. The highest BCUT2D eigenvalue weighted by molar-refractivity contribution is 9.10. The second-order valence-corrected chi connectivity index (χ2v) is 4.98. The molecule has 0 amide bonds. The van der Waals surface area contributed by atoms with Crippen LogP contribution < -0.4 is 5.73 Å². The summed E-state index contributed by atoms with van der Waals surface area (Å²) in [6.07, 6.45) is 3.04. The molecule has 0 spiro atoms. The van der Waals surface area contributed by atoms with E-state index in [1.807, 2.05) is 0 Å². The maximum Gasteiger partial charge on any atom is 0.180 e. The van der Waals surface area contributed by atoms with Gasteiger partial charge in [0.1, 0.15) is 11.6 Å². The molecule has 2 N–H and O–H groups in total. The molecule has 2 nitrogen and oxygen atoms in total. The highest BCUT2D eigenvalue weighted by Crippen LogP contribution is 2.22. The number of benzene rings is 1. The normalized spacial score (nSPS) is 11.2. The van der Waals surface area contributed by atoms with E-state index in [1.54, 1.807) is 11.5 Å². The number of thiazole rings is 1. The topological polar surface area (TPSA) is 38.9 Å². The molecule has 6 heteroatoms. The number of hydrogen-bond donors (Lipinski definition) is 1. The molecule has 0 fully saturated rings. The van der Waals surface area contributed by atoms with Gasteiger partial charge in [-0.3, -0.25) is 0 Å². The summed E-state index contributed by atoms with van der Waals surface area (Å²) >= 11 is 4.20. The van der Waals surface area contributed by atoms with Crippen LogP contribution in [-0.2, 0) is 0 Å². The summed E-state index contributed by atoms with van der Waals surface area (Å²) in [6.45, 7) is 0. The van der Waals surface area contributed by atoms with Crippen LogP contribution in [0.5, 0.6) is 0 Å². The summed E-state index contributed by atoms with van der Waals surface area (Å²) in [7, 11) is 0. The first-order valence-corrected chi connectivity index (χ1v) is 6.27. The zero-order valence-electron chi connectivity index (χ0n) is 8.45. The lowest BCUT2D eigenvalue weighted by atomic mass is 10.2. The molecular formula is C11H7BrF2N2S. The van der Waals surface area contributed by atoms with Crippen LogP contribution in [0.25, 0.3) is 12.2 Å². The van der Waals surface area contributed by atoms with Crippen LogP contribution in [0.15, 0.2) is 22.0 Å². The molecule has 0 saturated carbocycles. The first-order chi connectivity index (χ1) is 8.06. The van der Waals surface area contributed by atoms with Crippen molar-refractivity contribution in [3.8, 4) is 0 Å². The minimum Gasteiger partial charge on any atom is -0.375 e. The Kier molecular flexibility index (Phi) is 3.54. The Morgan fingerprint density at radius 3 is 2.65 bits per heavy atom. The molecule has 2 aromatic rings. The van der Waals surface area contributed by atoms with Gasteiger partial charge >= 0.3 is 0 Å². The van der Waals surface area contributed by atoms with E-state index in [-0.39, 0.29) is 10.0 Å². The molecule has 0 bridgehead atoms. The number of nitrogens with two attached hydrogens (primary N) is 1. The van der Waals surface area contributed by atoms with E-state index in [4.69, 9.17) is 5.73 Å². The van der Waals surface area contributed by atoms with E-state index in [0.717, 1.165) is 12.1 Å². The minimum absolute atomic E-state index is 0.102. The molecule has 2 rings (SSSR count). The molecular weight excluding hydrogens is 310 g/mol. The summed E-state index contributed by atoms with van der Waals surface area (Å²) in [6, 6.07) is 2.20. The van der Waals surface area contributed by atoms with Crippen molar-refractivity contribution in [1.82, 2.24) is 4.98 Å². The molecule has 1 aromatic carbocycles. The van der Waals surface area contributed by atoms with Crippen LogP contribution in [0.2, 0.25) is 0 Å². The second kappa shape index (κ2) is 4.93. The van der Waals surface area contributed by atoms with Crippen molar-refractivity contribution in [1.29, 1.82) is 0 Å². The van der Waals surface area contributed by atoms with Gasteiger partial charge in [-0.25, -0.2) is 13.8 Å². The van der Waals surface area contributed by atoms with Gasteiger partial charge in [0, 0.05) is 10.9 Å². The fourth-order valence-corrected chi connectivity index (χ4v) is 2.06. The average molecular weight is 317 g/mol. The van der Waals surface area contributed by atoms with Crippen molar-refractivity contribution >= 4 is 44.6 Å². The maximum absolute atomic E-state index is 13.4. The minimum atomic E-state index is -0.510. The van der Waals surface area contributed by atoms with Crippen LogP contribution in [0.1, 0.15) is 11.3 Å². The van der Waals surface area contributed by atoms with Gasteiger partial charge in [-0.1, -0.05) is 0 Å². The Labute approximate surface area is 109 Å². The first-order valence-electron chi connectivity index (χ1n) is 4.60. The van der Waals surface area contributed by atoms with Crippen molar-refractivity contribution in [2.45, 2.75) is 0 Å².